The Morgan fingerprint density at radius 1 is 1.12 bits per heavy atom. The monoisotopic (exact) mass is 588 g/mol. The van der Waals surface area contributed by atoms with Crippen molar-refractivity contribution < 1.29 is 47.2 Å². The zero-order valence-electron chi connectivity index (χ0n) is 24.0. The predicted molar refractivity (Wildman–Crippen MR) is 146 cm³/mol. The molecule has 1 N–H and O–H groups in total. The first-order valence-electron chi connectivity index (χ1n) is 14.0. The van der Waals surface area contributed by atoms with Gasteiger partial charge in [-0.05, 0) is 43.9 Å². The fourth-order valence-electron chi connectivity index (χ4n) is 5.17. The molecular weight excluding hydrogens is 551 g/mol. The number of amides is 1. The standard InChI is InChI=1S/C30H37FN2O9/c1-18-27(42-23-6-4-5-7-23)21(14-20-8-10-22(31)11-9-20)15-38-16-24(30(36)41-18)33-29(35)26-28(40-17-39-19(2)34)25(37-3)12-13-32-26/h8-13,18,21,23-24,27H,4-7,14-17H2,1-3H3,(H,33,35). The van der Waals surface area contributed by atoms with E-state index in [1.54, 1.807) is 19.1 Å². The lowest BCUT2D eigenvalue weighted by atomic mass is 9.91. The number of benzene rings is 1. The summed E-state index contributed by atoms with van der Waals surface area (Å²) in [5, 5.41) is 2.62. The van der Waals surface area contributed by atoms with Crippen LogP contribution in [0.4, 0.5) is 4.39 Å². The van der Waals surface area contributed by atoms with Crippen molar-refractivity contribution in [3.63, 3.8) is 0 Å². The molecule has 4 rings (SSSR count). The number of halogens is 1. The zero-order chi connectivity index (χ0) is 30.1. The maximum atomic E-state index is 13.5. The summed E-state index contributed by atoms with van der Waals surface area (Å²) in [6, 6.07) is 6.57. The lowest BCUT2D eigenvalue weighted by Crippen LogP contribution is -2.47. The number of pyridine rings is 1. The highest BCUT2D eigenvalue weighted by Gasteiger charge is 2.38. The molecule has 1 aliphatic carbocycles. The highest BCUT2D eigenvalue weighted by Crippen LogP contribution is 2.31. The lowest BCUT2D eigenvalue weighted by Gasteiger charge is -2.33. The van der Waals surface area contributed by atoms with E-state index in [-0.39, 0.29) is 48.2 Å². The fraction of sp³-hybridized carbons (Fsp3) is 0.533. The molecule has 1 saturated heterocycles. The quantitative estimate of drug-likeness (QED) is 0.326. The van der Waals surface area contributed by atoms with Gasteiger partial charge >= 0.3 is 11.9 Å². The van der Waals surface area contributed by atoms with E-state index in [0.29, 0.717) is 6.42 Å². The minimum atomic E-state index is -1.16. The highest BCUT2D eigenvalue weighted by molar-refractivity contribution is 5.98. The highest BCUT2D eigenvalue weighted by atomic mass is 19.1. The largest absolute Gasteiger partial charge is 0.493 e. The number of carbonyl (C=O) groups is 3. The topological polar surface area (TPSA) is 132 Å². The van der Waals surface area contributed by atoms with E-state index in [0.717, 1.165) is 31.2 Å². The van der Waals surface area contributed by atoms with Crippen molar-refractivity contribution in [1.29, 1.82) is 0 Å². The third-order valence-electron chi connectivity index (χ3n) is 7.27. The molecule has 1 aliphatic heterocycles. The normalized spacial score (nSPS) is 23.2. The van der Waals surface area contributed by atoms with E-state index in [2.05, 4.69) is 10.3 Å². The Hall–Kier alpha value is -3.77. The van der Waals surface area contributed by atoms with Crippen LogP contribution in [0.1, 0.15) is 55.6 Å². The van der Waals surface area contributed by atoms with Gasteiger partial charge in [-0.15, -0.1) is 0 Å². The van der Waals surface area contributed by atoms with Crippen LogP contribution < -0.4 is 14.8 Å². The molecule has 11 nitrogen and oxygen atoms in total. The number of nitrogens with one attached hydrogen (secondary N) is 1. The number of ether oxygens (including phenoxy) is 6. The minimum absolute atomic E-state index is 0.0488. The Morgan fingerprint density at radius 2 is 1.86 bits per heavy atom. The van der Waals surface area contributed by atoms with Gasteiger partial charge in [-0.1, -0.05) is 25.0 Å². The van der Waals surface area contributed by atoms with Crippen LogP contribution in [-0.4, -0.2) is 74.3 Å². The van der Waals surface area contributed by atoms with Crippen LogP contribution in [0.25, 0.3) is 0 Å². The van der Waals surface area contributed by atoms with Gasteiger partial charge in [0.2, 0.25) is 6.79 Å². The van der Waals surface area contributed by atoms with Crippen molar-refractivity contribution in [3.05, 3.63) is 53.6 Å². The van der Waals surface area contributed by atoms with Crippen molar-refractivity contribution in [2.45, 2.75) is 70.3 Å². The summed E-state index contributed by atoms with van der Waals surface area (Å²) >= 11 is 0. The first kappa shape index (κ1) is 31.2. The summed E-state index contributed by atoms with van der Waals surface area (Å²) in [6.45, 7) is 2.57. The molecule has 0 spiro atoms. The summed E-state index contributed by atoms with van der Waals surface area (Å²) in [7, 11) is 1.38. The van der Waals surface area contributed by atoms with Crippen LogP contribution in [0.15, 0.2) is 36.5 Å². The maximum absolute atomic E-state index is 13.5. The number of hydrogen-bond donors (Lipinski definition) is 1. The van der Waals surface area contributed by atoms with E-state index in [1.165, 1.54) is 38.4 Å². The van der Waals surface area contributed by atoms with E-state index >= 15 is 0 Å². The molecule has 1 aromatic carbocycles. The van der Waals surface area contributed by atoms with E-state index < -0.39 is 42.9 Å². The number of cyclic esters (lactones) is 1. The van der Waals surface area contributed by atoms with Crippen molar-refractivity contribution in [2.24, 2.45) is 5.92 Å². The number of aromatic nitrogens is 1. The van der Waals surface area contributed by atoms with Gasteiger partial charge in [-0.3, -0.25) is 9.59 Å². The third-order valence-corrected chi connectivity index (χ3v) is 7.27. The molecule has 12 heteroatoms. The van der Waals surface area contributed by atoms with Gasteiger partial charge in [0, 0.05) is 25.1 Å². The SMILES string of the molecule is COc1ccnc(C(=O)NC2COCC(Cc3ccc(F)cc3)C(OC3CCCC3)C(C)OC2=O)c1OCOC(C)=O. The second-order valence-electron chi connectivity index (χ2n) is 10.4. The van der Waals surface area contributed by atoms with Crippen molar-refractivity contribution in [1.82, 2.24) is 10.3 Å². The van der Waals surface area contributed by atoms with Crippen LogP contribution in [0.2, 0.25) is 0 Å². The van der Waals surface area contributed by atoms with Gasteiger partial charge in [-0.25, -0.2) is 14.2 Å². The van der Waals surface area contributed by atoms with Crippen LogP contribution >= 0.6 is 0 Å². The second-order valence-corrected chi connectivity index (χ2v) is 10.4. The van der Waals surface area contributed by atoms with Crippen LogP contribution in [-0.2, 0) is 35.0 Å². The molecule has 0 bridgehead atoms. The number of esters is 2. The Labute approximate surface area is 244 Å². The molecule has 1 saturated carbocycles. The molecular formula is C30H37FN2O9. The molecule has 4 unspecified atom stereocenters. The Bertz CT molecular complexity index is 1220. The Balaban J connectivity index is 1.51. The van der Waals surface area contributed by atoms with Crippen LogP contribution in [0, 0.1) is 11.7 Å². The Morgan fingerprint density at radius 3 is 2.55 bits per heavy atom. The van der Waals surface area contributed by atoms with E-state index in [4.69, 9.17) is 28.4 Å². The molecule has 228 valence electrons. The molecule has 2 heterocycles. The first-order valence-corrected chi connectivity index (χ1v) is 14.0. The number of carbonyl (C=O) groups excluding carboxylic acids is 3. The maximum Gasteiger partial charge on any atom is 0.331 e. The number of rotatable bonds is 10. The van der Waals surface area contributed by atoms with Crippen molar-refractivity contribution in [3.8, 4) is 11.5 Å². The number of methoxy groups -OCH3 is 1. The van der Waals surface area contributed by atoms with Gasteiger partial charge in [0.05, 0.1) is 32.5 Å². The molecule has 42 heavy (non-hydrogen) atoms. The predicted octanol–water partition coefficient (Wildman–Crippen LogP) is 3.38. The summed E-state index contributed by atoms with van der Waals surface area (Å²) in [6.07, 6.45) is 4.79. The molecule has 2 aromatic rings. The molecule has 2 aliphatic rings. The smallest absolute Gasteiger partial charge is 0.331 e. The summed E-state index contributed by atoms with van der Waals surface area (Å²) in [5.41, 5.74) is 0.719. The Kier molecular flexibility index (Phi) is 11.1. The van der Waals surface area contributed by atoms with Gasteiger partial charge < -0.3 is 33.7 Å². The molecule has 1 aromatic heterocycles. The van der Waals surface area contributed by atoms with Gasteiger partial charge in [0.25, 0.3) is 5.91 Å². The average Bonchev–Trinajstić information content (AvgIpc) is 3.49. The van der Waals surface area contributed by atoms with E-state index in [9.17, 15) is 18.8 Å². The number of nitrogens with zero attached hydrogens (tertiary/aromatic N) is 1. The molecule has 2 fully saturated rings. The first-order chi connectivity index (χ1) is 20.2. The van der Waals surface area contributed by atoms with Gasteiger partial charge in [0.1, 0.15) is 11.9 Å². The van der Waals surface area contributed by atoms with Gasteiger partial charge in [-0.2, -0.15) is 0 Å². The average molecular weight is 589 g/mol. The molecule has 0 radical (unpaired) electrons. The minimum Gasteiger partial charge on any atom is -0.493 e. The van der Waals surface area contributed by atoms with Crippen molar-refractivity contribution in [2.75, 3.05) is 27.1 Å². The number of hydrogen-bond acceptors (Lipinski definition) is 10. The van der Waals surface area contributed by atoms with E-state index in [1.807, 2.05) is 0 Å². The second kappa shape index (κ2) is 14.9. The summed E-state index contributed by atoms with van der Waals surface area (Å²) in [5.74, 6) is -2.41. The molecule has 4 atom stereocenters. The fourth-order valence-corrected chi connectivity index (χ4v) is 5.17. The summed E-state index contributed by atoms with van der Waals surface area (Å²) in [4.78, 5) is 41.8. The van der Waals surface area contributed by atoms with Crippen LogP contribution in [0.3, 0.4) is 0 Å². The van der Waals surface area contributed by atoms with Crippen LogP contribution in [0.5, 0.6) is 11.5 Å². The molecule has 1 amide bonds. The summed E-state index contributed by atoms with van der Waals surface area (Å²) < 4.78 is 47.4. The lowest BCUT2D eigenvalue weighted by molar-refractivity contribution is -0.164. The van der Waals surface area contributed by atoms with Crippen molar-refractivity contribution >= 4 is 17.8 Å². The third kappa shape index (κ3) is 8.39. The zero-order valence-corrected chi connectivity index (χ0v) is 24.0. The van der Waals surface area contributed by atoms with Gasteiger partial charge in [0.15, 0.2) is 23.2 Å².